The number of nitrogens with zero attached hydrogens (tertiary/aromatic N) is 5. The molecule has 3 heterocycles. The van der Waals surface area contributed by atoms with Gasteiger partial charge in [0.2, 0.25) is 5.91 Å². The summed E-state index contributed by atoms with van der Waals surface area (Å²) in [5.41, 5.74) is 1.95. The van der Waals surface area contributed by atoms with Crippen LogP contribution < -0.4 is 15.5 Å². The monoisotopic (exact) mass is 449 g/mol. The second kappa shape index (κ2) is 10.2. The van der Waals surface area contributed by atoms with Crippen molar-refractivity contribution in [3.63, 3.8) is 0 Å². The van der Waals surface area contributed by atoms with Gasteiger partial charge in [-0.3, -0.25) is 9.78 Å². The van der Waals surface area contributed by atoms with Crippen LogP contribution in [0.15, 0.2) is 55.0 Å². The third-order valence-electron chi connectivity index (χ3n) is 5.67. The molecule has 0 saturated carbocycles. The first-order valence-electron chi connectivity index (χ1n) is 11.1. The van der Waals surface area contributed by atoms with Gasteiger partial charge in [0.1, 0.15) is 23.3 Å². The summed E-state index contributed by atoms with van der Waals surface area (Å²) in [5, 5.41) is 6.65. The standard InChI is InChI=1S/C24H28FN7O/c1-17(19-4-6-20(25)7-5-19)28-22-14-21(32-11-3-10-31(12-13-32)18(2)33)15-23(29-22)30-24-16-26-8-9-27-24/h4-9,14-17H,3,10-13H2,1-2H3,(H2,27,28,29,30)/t17-/m0/s1. The van der Waals surface area contributed by atoms with E-state index in [1.807, 2.05) is 24.0 Å². The van der Waals surface area contributed by atoms with Crippen molar-refractivity contribution in [1.29, 1.82) is 0 Å². The van der Waals surface area contributed by atoms with Gasteiger partial charge in [-0.15, -0.1) is 0 Å². The van der Waals surface area contributed by atoms with E-state index in [0.29, 0.717) is 24.0 Å². The molecule has 9 heteroatoms. The van der Waals surface area contributed by atoms with Crippen molar-refractivity contribution >= 4 is 29.0 Å². The molecule has 0 bridgehead atoms. The van der Waals surface area contributed by atoms with Gasteiger partial charge >= 0.3 is 0 Å². The van der Waals surface area contributed by atoms with Crippen LogP contribution in [0, 0.1) is 5.82 Å². The maximum atomic E-state index is 13.3. The zero-order valence-electron chi connectivity index (χ0n) is 18.8. The molecule has 8 nitrogen and oxygen atoms in total. The first-order chi connectivity index (χ1) is 16.0. The minimum Gasteiger partial charge on any atom is -0.369 e. The molecule has 0 aliphatic carbocycles. The average Bonchev–Trinajstić information content (AvgIpc) is 3.07. The van der Waals surface area contributed by atoms with Gasteiger partial charge in [-0.25, -0.2) is 14.4 Å². The van der Waals surface area contributed by atoms with E-state index in [0.717, 1.165) is 37.3 Å². The van der Waals surface area contributed by atoms with Crippen LogP contribution in [0.5, 0.6) is 0 Å². The maximum absolute atomic E-state index is 13.3. The van der Waals surface area contributed by atoms with Gasteiger partial charge < -0.3 is 20.4 Å². The molecule has 4 rings (SSSR count). The summed E-state index contributed by atoms with van der Waals surface area (Å²) in [6.07, 6.45) is 5.76. The Morgan fingerprint density at radius 2 is 1.82 bits per heavy atom. The number of aromatic nitrogens is 3. The number of nitrogens with one attached hydrogen (secondary N) is 2. The van der Waals surface area contributed by atoms with Gasteiger partial charge in [0.05, 0.1) is 6.20 Å². The van der Waals surface area contributed by atoms with E-state index < -0.39 is 0 Å². The second-order valence-electron chi connectivity index (χ2n) is 8.08. The molecule has 1 aromatic carbocycles. The number of benzene rings is 1. The summed E-state index contributed by atoms with van der Waals surface area (Å²) in [6, 6.07) is 10.3. The number of pyridine rings is 1. The molecule has 1 amide bonds. The van der Waals surface area contributed by atoms with Crippen molar-refractivity contribution in [1.82, 2.24) is 19.9 Å². The van der Waals surface area contributed by atoms with Gasteiger partial charge in [-0.2, -0.15) is 0 Å². The van der Waals surface area contributed by atoms with Crippen LogP contribution in [0.1, 0.15) is 31.9 Å². The minimum absolute atomic E-state index is 0.0740. The highest BCUT2D eigenvalue weighted by molar-refractivity contribution is 5.73. The molecule has 0 unspecified atom stereocenters. The Labute approximate surface area is 192 Å². The summed E-state index contributed by atoms with van der Waals surface area (Å²) in [4.78, 5) is 29.1. The number of amides is 1. The number of hydrogen-bond donors (Lipinski definition) is 2. The lowest BCUT2D eigenvalue weighted by Gasteiger charge is -2.25. The summed E-state index contributed by atoms with van der Waals surface area (Å²) in [7, 11) is 0. The van der Waals surface area contributed by atoms with Crippen molar-refractivity contribution in [3.8, 4) is 0 Å². The van der Waals surface area contributed by atoms with Crippen molar-refractivity contribution in [2.75, 3.05) is 41.7 Å². The third kappa shape index (κ3) is 5.94. The van der Waals surface area contributed by atoms with E-state index in [1.165, 1.54) is 12.1 Å². The molecule has 1 aliphatic heterocycles. The van der Waals surface area contributed by atoms with Crippen LogP contribution in [-0.2, 0) is 4.79 Å². The first-order valence-corrected chi connectivity index (χ1v) is 11.1. The number of rotatable bonds is 6. The van der Waals surface area contributed by atoms with Gasteiger partial charge in [-0.05, 0) is 31.0 Å². The van der Waals surface area contributed by atoms with E-state index in [1.54, 1.807) is 37.6 Å². The Kier molecular flexibility index (Phi) is 6.97. The highest BCUT2D eigenvalue weighted by Gasteiger charge is 2.19. The lowest BCUT2D eigenvalue weighted by Crippen LogP contribution is -2.33. The van der Waals surface area contributed by atoms with Crippen molar-refractivity contribution in [2.45, 2.75) is 26.3 Å². The van der Waals surface area contributed by atoms with Gasteiger partial charge in [0.15, 0.2) is 0 Å². The zero-order chi connectivity index (χ0) is 23.2. The Balaban J connectivity index is 1.60. The van der Waals surface area contributed by atoms with E-state index in [9.17, 15) is 9.18 Å². The topological polar surface area (TPSA) is 86.3 Å². The quantitative estimate of drug-likeness (QED) is 0.589. The van der Waals surface area contributed by atoms with Crippen molar-refractivity contribution < 1.29 is 9.18 Å². The Morgan fingerprint density at radius 1 is 1.03 bits per heavy atom. The fourth-order valence-electron chi connectivity index (χ4n) is 3.88. The lowest BCUT2D eigenvalue weighted by atomic mass is 10.1. The smallest absolute Gasteiger partial charge is 0.219 e. The number of hydrogen-bond acceptors (Lipinski definition) is 7. The van der Waals surface area contributed by atoms with E-state index >= 15 is 0 Å². The number of halogens is 1. The lowest BCUT2D eigenvalue weighted by molar-refractivity contribution is -0.128. The van der Waals surface area contributed by atoms with E-state index in [4.69, 9.17) is 4.98 Å². The maximum Gasteiger partial charge on any atom is 0.219 e. The molecule has 2 N–H and O–H groups in total. The molecule has 3 aromatic rings. The Hall–Kier alpha value is -3.75. The third-order valence-corrected chi connectivity index (χ3v) is 5.67. The SMILES string of the molecule is CC(=O)N1CCCN(c2cc(Nc3cnccn3)nc(N[C@@H](C)c3ccc(F)cc3)c2)CC1. The summed E-state index contributed by atoms with van der Waals surface area (Å²) in [5.74, 6) is 1.76. The van der Waals surface area contributed by atoms with Crippen LogP contribution in [-0.4, -0.2) is 51.9 Å². The van der Waals surface area contributed by atoms with E-state index in [2.05, 4.69) is 25.5 Å². The second-order valence-corrected chi connectivity index (χ2v) is 8.08. The molecule has 1 fully saturated rings. The molecular weight excluding hydrogens is 421 g/mol. The van der Waals surface area contributed by atoms with Crippen molar-refractivity contribution in [2.24, 2.45) is 0 Å². The molecule has 1 aliphatic rings. The highest BCUT2D eigenvalue weighted by atomic mass is 19.1. The summed E-state index contributed by atoms with van der Waals surface area (Å²) in [6.45, 7) is 6.64. The fourth-order valence-corrected chi connectivity index (χ4v) is 3.88. The number of carbonyl (C=O) groups excluding carboxylic acids is 1. The van der Waals surface area contributed by atoms with E-state index in [-0.39, 0.29) is 17.8 Å². The normalized spacial score (nSPS) is 15.0. The van der Waals surface area contributed by atoms with Crippen LogP contribution in [0.4, 0.5) is 27.5 Å². The highest BCUT2D eigenvalue weighted by Crippen LogP contribution is 2.27. The van der Waals surface area contributed by atoms with Crippen LogP contribution in [0.3, 0.4) is 0 Å². The molecule has 0 spiro atoms. The van der Waals surface area contributed by atoms with Crippen LogP contribution in [0.2, 0.25) is 0 Å². The molecule has 2 aromatic heterocycles. The largest absolute Gasteiger partial charge is 0.369 e. The number of carbonyl (C=O) groups is 1. The average molecular weight is 450 g/mol. The zero-order valence-corrected chi connectivity index (χ0v) is 18.8. The molecule has 1 atom stereocenters. The minimum atomic E-state index is -0.262. The predicted octanol–water partition coefficient (Wildman–Crippen LogP) is 3.99. The fraction of sp³-hybridized carbons (Fsp3) is 0.333. The molecular formula is C24H28FN7O. The first kappa shape index (κ1) is 22.4. The molecule has 1 saturated heterocycles. The molecule has 33 heavy (non-hydrogen) atoms. The Morgan fingerprint density at radius 3 is 2.55 bits per heavy atom. The predicted molar refractivity (Wildman–Crippen MR) is 127 cm³/mol. The van der Waals surface area contributed by atoms with Gasteiger partial charge in [0.25, 0.3) is 0 Å². The van der Waals surface area contributed by atoms with Gasteiger partial charge in [-0.1, -0.05) is 12.1 Å². The van der Waals surface area contributed by atoms with Crippen LogP contribution >= 0.6 is 0 Å². The number of anilines is 4. The van der Waals surface area contributed by atoms with Crippen molar-refractivity contribution in [3.05, 3.63) is 66.4 Å². The molecule has 0 radical (unpaired) electrons. The Bertz CT molecular complexity index is 1080. The van der Waals surface area contributed by atoms with Crippen LogP contribution in [0.25, 0.3) is 0 Å². The molecule has 172 valence electrons. The summed E-state index contributed by atoms with van der Waals surface area (Å²) >= 11 is 0. The summed E-state index contributed by atoms with van der Waals surface area (Å²) < 4.78 is 13.3. The van der Waals surface area contributed by atoms with Gasteiger partial charge in [0, 0.05) is 69.4 Å².